The van der Waals surface area contributed by atoms with Crippen molar-refractivity contribution >= 4 is 39.9 Å². The van der Waals surface area contributed by atoms with Crippen molar-refractivity contribution in [2.75, 3.05) is 12.4 Å². The fourth-order valence-corrected chi connectivity index (χ4v) is 4.56. The summed E-state index contributed by atoms with van der Waals surface area (Å²) < 4.78 is 19.8. The zero-order chi connectivity index (χ0) is 20.1. The quantitative estimate of drug-likeness (QED) is 0.554. The fraction of sp³-hybridized carbons (Fsp3) is 0.100. The number of anilines is 1. The Morgan fingerprint density at radius 2 is 1.86 bits per heavy atom. The molecule has 2 amide bonds. The first-order valence-corrected chi connectivity index (χ1v) is 10.0. The number of carbonyl (C=O) groups excluding carboxylic acids is 2. The third kappa shape index (κ3) is 4.71. The summed E-state index contributed by atoms with van der Waals surface area (Å²) >= 11 is 2.74. The predicted octanol–water partition coefficient (Wildman–Crippen LogP) is 4.54. The van der Waals surface area contributed by atoms with Gasteiger partial charge in [0.25, 0.3) is 11.8 Å². The monoisotopic (exact) mass is 416 g/mol. The summed E-state index contributed by atoms with van der Waals surface area (Å²) in [5, 5.41) is 2.90. The Hall–Kier alpha value is -2.84. The molecule has 3 N–H and O–H groups in total. The van der Waals surface area contributed by atoms with Crippen LogP contribution in [0.2, 0.25) is 0 Å². The third-order valence-electron chi connectivity index (χ3n) is 3.86. The van der Waals surface area contributed by atoms with Gasteiger partial charge >= 0.3 is 0 Å². The molecule has 1 aromatic heterocycles. The molecule has 2 aromatic carbocycles. The number of thioether (sulfide) groups is 1. The molecule has 3 aromatic rings. The highest BCUT2D eigenvalue weighted by molar-refractivity contribution is 8.00. The lowest BCUT2D eigenvalue weighted by Gasteiger charge is -2.05. The van der Waals surface area contributed by atoms with E-state index in [1.807, 2.05) is 24.3 Å². The van der Waals surface area contributed by atoms with Crippen LogP contribution in [0.4, 0.5) is 9.39 Å². The standard InChI is InChI=1S/C20H17FN2O3S2/c1-26-13-8-6-12(7-9-13)11-27-17-10-15(18(22)24)20(28-17)23-19(25)14-4-2-3-5-16(14)21/h2-10H,11H2,1H3,(H2,22,24)(H,23,25). The van der Waals surface area contributed by atoms with Gasteiger partial charge in [0.1, 0.15) is 16.6 Å². The number of amides is 2. The molecule has 144 valence electrons. The zero-order valence-corrected chi connectivity index (χ0v) is 16.5. The lowest BCUT2D eigenvalue weighted by molar-refractivity contribution is 0.100. The number of hydrogen-bond donors (Lipinski definition) is 2. The van der Waals surface area contributed by atoms with Gasteiger partial charge in [0.05, 0.1) is 22.4 Å². The van der Waals surface area contributed by atoms with Crippen molar-refractivity contribution in [3.8, 4) is 5.75 Å². The average molecular weight is 416 g/mol. The minimum Gasteiger partial charge on any atom is -0.497 e. The molecule has 0 saturated heterocycles. The van der Waals surface area contributed by atoms with Crippen molar-refractivity contribution in [3.63, 3.8) is 0 Å². The lowest BCUT2D eigenvalue weighted by Crippen LogP contribution is -2.17. The highest BCUT2D eigenvalue weighted by Gasteiger charge is 2.18. The Morgan fingerprint density at radius 3 is 2.50 bits per heavy atom. The van der Waals surface area contributed by atoms with Gasteiger partial charge in [0.2, 0.25) is 0 Å². The molecule has 0 unspecified atom stereocenters. The van der Waals surface area contributed by atoms with E-state index in [1.54, 1.807) is 19.2 Å². The van der Waals surface area contributed by atoms with Gasteiger partial charge in [-0.15, -0.1) is 23.1 Å². The van der Waals surface area contributed by atoms with Crippen LogP contribution in [0.5, 0.6) is 5.75 Å². The summed E-state index contributed by atoms with van der Waals surface area (Å²) in [6, 6.07) is 14.9. The molecule has 8 heteroatoms. The van der Waals surface area contributed by atoms with Gasteiger partial charge in [-0.05, 0) is 35.9 Å². The number of methoxy groups -OCH3 is 1. The maximum atomic E-state index is 13.8. The van der Waals surface area contributed by atoms with Gasteiger partial charge in [-0.25, -0.2) is 4.39 Å². The Morgan fingerprint density at radius 1 is 1.14 bits per heavy atom. The van der Waals surface area contributed by atoms with Crippen molar-refractivity contribution in [2.24, 2.45) is 5.73 Å². The number of ether oxygens (including phenoxy) is 1. The van der Waals surface area contributed by atoms with Crippen LogP contribution in [-0.4, -0.2) is 18.9 Å². The van der Waals surface area contributed by atoms with Crippen LogP contribution >= 0.6 is 23.1 Å². The molecule has 0 aliphatic rings. The molecule has 1 heterocycles. The van der Waals surface area contributed by atoms with E-state index >= 15 is 0 Å². The van der Waals surface area contributed by atoms with E-state index < -0.39 is 17.6 Å². The van der Waals surface area contributed by atoms with Crippen LogP contribution in [0.15, 0.2) is 58.8 Å². The summed E-state index contributed by atoms with van der Waals surface area (Å²) in [6.45, 7) is 0. The first-order valence-electron chi connectivity index (χ1n) is 8.23. The molecule has 28 heavy (non-hydrogen) atoms. The normalized spacial score (nSPS) is 10.5. The molecule has 3 rings (SSSR count). The Balaban J connectivity index is 1.74. The van der Waals surface area contributed by atoms with Crippen LogP contribution in [0, 0.1) is 5.82 Å². The molecule has 0 radical (unpaired) electrons. The number of nitrogens with two attached hydrogens (primary N) is 1. The van der Waals surface area contributed by atoms with Gasteiger partial charge in [0, 0.05) is 5.75 Å². The Labute approximate surface area is 169 Å². The van der Waals surface area contributed by atoms with Crippen LogP contribution in [0.1, 0.15) is 26.3 Å². The summed E-state index contributed by atoms with van der Waals surface area (Å²) in [7, 11) is 1.61. The topological polar surface area (TPSA) is 81.4 Å². The van der Waals surface area contributed by atoms with E-state index in [4.69, 9.17) is 10.5 Å². The van der Waals surface area contributed by atoms with Gasteiger partial charge in [-0.1, -0.05) is 24.3 Å². The number of rotatable bonds is 7. The number of halogens is 1. The van der Waals surface area contributed by atoms with Crippen LogP contribution in [-0.2, 0) is 5.75 Å². The molecule has 0 aliphatic heterocycles. The fourth-order valence-electron chi connectivity index (χ4n) is 2.41. The number of thiophene rings is 1. The van der Waals surface area contributed by atoms with Crippen molar-refractivity contribution in [1.82, 2.24) is 0 Å². The van der Waals surface area contributed by atoms with Crippen molar-refractivity contribution in [1.29, 1.82) is 0 Å². The van der Waals surface area contributed by atoms with Gasteiger partial charge in [-0.2, -0.15) is 0 Å². The highest BCUT2D eigenvalue weighted by atomic mass is 32.2. The first kappa shape index (κ1) is 19.9. The molecule has 0 fully saturated rings. The molecule has 0 saturated carbocycles. The second kappa shape index (κ2) is 8.90. The van der Waals surface area contributed by atoms with E-state index in [0.717, 1.165) is 15.5 Å². The van der Waals surface area contributed by atoms with Crippen LogP contribution in [0.3, 0.4) is 0 Å². The Bertz CT molecular complexity index is 1000. The maximum Gasteiger partial charge on any atom is 0.259 e. The minimum atomic E-state index is -0.656. The molecular weight excluding hydrogens is 399 g/mol. The molecule has 0 atom stereocenters. The second-order valence-corrected chi connectivity index (χ2v) is 8.07. The minimum absolute atomic E-state index is 0.0984. The van der Waals surface area contributed by atoms with Gasteiger partial charge in [0.15, 0.2) is 0 Å². The lowest BCUT2D eigenvalue weighted by atomic mass is 10.2. The number of primary amides is 1. The van der Waals surface area contributed by atoms with E-state index in [-0.39, 0.29) is 11.1 Å². The molecule has 0 bridgehead atoms. The number of carbonyl (C=O) groups is 2. The van der Waals surface area contributed by atoms with E-state index in [9.17, 15) is 14.0 Å². The first-order chi connectivity index (χ1) is 13.5. The zero-order valence-electron chi connectivity index (χ0n) is 14.9. The van der Waals surface area contributed by atoms with Gasteiger partial charge in [-0.3, -0.25) is 9.59 Å². The molecule has 0 spiro atoms. The predicted molar refractivity (Wildman–Crippen MR) is 110 cm³/mol. The number of benzene rings is 2. The van der Waals surface area contributed by atoms with E-state index in [2.05, 4.69) is 5.32 Å². The summed E-state index contributed by atoms with van der Waals surface area (Å²) in [5.74, 6) is -0.473. The SMILES string of the molecule is COc1ccc(CSc2cc(C(N)=O)c(NC(=O)c3ccccc3F)s2)cc1. The smallest absolute Gasteiger partial charge is 0.259 e. The van der Waals surface area contributed by atoms with Gasteiger partial charge < -0.3 is 15.8 Å². The summed E-state index contributed by atoms with van der Waals surface area (Å²) in [6.07, 6.45) is 0. The van der Waals surface area contributed by atoms with E-state index in [1.165, 1.54) is 41.3 Å². The molecule has 0 aliphatic carbocycles. The third-order valence-corrected chi connectivity index (χ3v) is 6.19. The van der Waals surface area contributed by atoms with Crippen molar-refractivity contribution in [3.05, 3.63) is 77.1 Å². The summed E-state index contributed by atoms with van der Waals surface area (Å²) in [5.41, 5.74) is 6.61. The van der Waals surface area contributed by atoms with Crippen molar-refractivity contribution in [2.45, 2.75) is 9.96 Å². The van der Waals surface area contributed by atoms with E-state index in [0.29, 0.717) is 10.8 Å². The average Bonchev–Trinajstić information content (AvgIpc) is 3.10. The van der Waals surface area contributed by atoms with Crippen LogP contribution < -0.4 is 15.8 Å². The van der Waals surface area contributed by atoms with Crippen LogP contribution in [0.25, 0.3) is 0 Å². The highest BCUT2D eigenvalue weighted by Crippen LogP contribution is 2.36. The largest absolute Gasteiger partial charge is 0.497 e. The van der Waals surface area contributed by atoms with Crippen molar-refractivity contribution < 1.29 is 18.7 Å². The second-order valence-electron chi connectivity index (χ2n) is 5.74. The Kier molecular flexibility index (Phi) is 6.33. The summed E-state index contributed by atoms with van der Waals surface area (Å²) in [4.78, 5) is 24.1. The number of nitrogens with one attached hydrogen (secondary N) is 1. The maximum absolute atomic E-state index is 13.8. The molecular formula is C20H17FN2O3S2. The number of hydrogen-bond acceptors (Lipinski definition) is 5. The molecule has 5 nitrogen and oxygen atoms in total.